The molecule has 2 N–H and O–H groups in total. The van der Waals surface area contributed by atoms with Gasteiger partial charge in [-0.05, 0) is 41.7 Å². The van der Waals surface area contributed by atoms with Crippen LogP contribution in [0.2, 0.25) is 0 Å². The lowest BCUT2D eigenvalue weighted by Crippen LogP contribution is -2.41. The van der Waals surface area contributed by atoms with Gasteiger partial charge in [-0.15, -0.1) is 0 Å². The third-order valence-electron chi connectivity index (χ3n) is 5.43. The van der Waals surface area contributed by atoms with Crippen LogP contribution in [0.5, 0.6) is 0 Å². The Hall–Kier alpha value is -3.48. The van der Waals surface area contributed by atoms with Crippen molar-refractivity contribution in [2.45, 2.75) is 32.7 Å². The first-order valence-corrected chi connectivity index (χ1v) is 9.87. The highest BCUT2D eigenvalue weighted by Crippen LogP contribution is 2.42. The van der Waals surface area contributed by atoms with E-state index < -0.39 is 6.04 Å². The van der Waals surface area contributed by atoms with Gasteiger partial charge >= 0.3 is 6.01 Å². The first-order chi connectivity index (χ1) is 14.4. The number of aliphatic imine (C=N–C) groups is 1. The number of nitrogens with zero attached hydrogens (tertiary/aromatic N) is 2. The Bertz CT molecular complexity index is 1170. The Labute approximate surface area is 172 Å². The summed E-state index contributed by atoms with van der Waals surface area (Å²) in [4.78, 5) is 22.1. The number of Topliss-reactive ketones (excluding diaryl/α,β-unsaturated/α-hetero) is 1. The molecule has 7 heteroatoms. The normalized spacial score (nSPS) is 20.6. The number of hydrogen-bond acceptors (Lipinski definition) is 6. The zero-order valence-corrected chi connectivity index (χ0v) is 16.7. The molecule has 0 spiro atoms. The summed E-state index contributed by atoms with van der Waals surface area (Å²) in [5.74, 6) is 0.180. The third kappa shape index (κ3) is 3.36. The van der Waals surface area contributed by atoms with E-state index >= 15 is 0 Å². The number of halogens is 1. The number of oxazole rings is 1. The Morgan fingerprint density at radius 2 is 1.90 bits per heavy atom. The smallest absolute Gasteiger partial charge is 0.302 e. The number of carbonyl (C=O) groups is 1. The molecule has 0 unspecified atom stereocenters. The molecule has 6 nitrogen and oxygen atoms in total. The summed E-state index contributed by atoms with van der Waals surface area (Å²) in [5.41, 5.74) is 3.48. The van der Waals surface area contributed by atoms with E-state index in [0.29, 0.717) is 36.0 Å². The van der Waals surface area contributed by atoms with Crippen LogP contribution in [0.3, 0.4) is 0 Å². The molecular formula is C23H21FN4O2. The lowest BCUT2D eigenvalue weighted by atomic mass is 9.73. The summed E-state index contributed by atoms with van der Waals surface area (Å²) in [6, 6.07) is 13.4. The SMILES string of the molecule is CC1(C)CC(=O)C2=C(C1)NC(Nc1nc3ccccc3o1)=N[C@H]2c1ccc(F)cc1. The van der Waals surface area contributed by atoms with Crippen LogP contribution in [0.15, 0.2) is 69.2 Å². The summed E-state index contributed by atoms with van der Waals surface area (Å²) in [6.45, 7) is 4.14. The summed E-state index contributed by atoms with van der Waals surface area (Å²) in [6.07, 6.45) is 1.16. The highest BCUT2D eigenvalue weighted by Gasteiger charge is 2.39. The Kier molecular flexibility index (Phi) is 4.20. The van der Waals surface area contributed by atoms with Crippen LogP contribution in [-0.4, -0.2) is 16.7 Å². The monoisotopic (exact) mass is 404 g/mol. The van der Waals surface area contributed by atoms with Gasteiger partial charge in [0.05, 0.1) is 0 Å². The van der Waals surface area contributed by atoms with Crippen LogP contribution in [0.25, 0.3) is 11.1 Å². The van der Waals surface area contributed by atoms with Gasteiger partial charge in [0, 0.05) is 17.7 Å². The number of anilines is 1. The molecule has 1 aliphatic heterocycles. The Morgan fingerprint density at radius 1 is 1.13 bits per heavy atom. The second kappa shape index (κ2) is 6.79. The fraction of sp³-hybridized carbons (Fsp3) is 0.261. The van der Waals surface area contributed by atoms with Gasteiger partial charge in [0.15, 0.2) is 11.4 Å². The summed E-state index contributed by atoms with van der Waals surface area (Å²) < 4.78 is 19.2. The minimum absolute atomic E-state index is 0.0627. The second-order valence-electron chi connectivity index (χ2n) is 8.50. The lowest BCUT2D eigenvalue weighted by molar-refractivity contribution is -0.118. The number of rotatable bonds is 2. The van der Waals surface area contributed by atoms with Gasteiger partial charge in [-0.25, -0.2) is 9.38 Å². The van der Waals surface area contributed by atoms with E-state index in [1.807, 2.05) is 24.3 Å². The molecule has 0 saturated carbocycles. The zero-order valence-electron chi connectivity index (χ0n) is 16.7. The Morgan fingerprint density at radius 3 is 2.67 bits per heavy atom. The van der Waals surface area contributed by atoms with Crippen molar-refractivity contribution in [3.05, 3.63) is 71.2 Å². The molecule has 2 heterocycles. The van der Waals surface area contributed by atoms with Gasteiger partial charge in [-0.2, -0.15) is 4.98 Å². The van der Waals surface area contributed by atoms with Crippen molar-refractivity contribution in [2.75, 3.05) is 5.32 Å². The van der Waals surface area contributed by atoms with Crippen molar-refractivity contribution < 1.29 is 13.6 Å². The van der Waals surface area contributed by atoms with E-state index in [2.05, 4.69) is 29.5 Å². The first-order valence-electron chi connectivity index (χ1n) is 9.87. The molecule has 30 heavy (non-hydrogen) atoms. The van der Waals surface area contributed by atoms with Crippen LogP contribution < -0.4 is 10.6 Å². The van der Waals surface area contributed by atoms with Crippen LogP contribution in [0.4, 0.5) is 10.4 Å². The van der Waals surface area contributed by atoms with E-state index in [1.54, 1.807) is 12.1 Å². The van der Waals surface area contributed by atoms with Gasteiger partial charge < -0.3 is 9.73 Å². The quantitative estimate of drug-likeness (QED) is 0.646. The number of carbonyl (C=O) groups excluding carboxylic acids is 1. The maximum absolute atomic E-state index is 13.5. The maximum atomic E-state index is 13.5. The van der Waals surface area contributed by atoms with E-state index in [4.69, 9.17) is 9.41 Å². The van der Waals surface area contributed by atoms with E-state index in [0.717, 1.165) is 16.8 Å². The lowest BCUT2D eigenvalue weighted by Gasteiger charge is -2.37. The second-order valence-corrected chi connectivity index (χ2v) is 8.50. The van der Waals surface area contributed by atoms with Crippen LogP contribution in [-0.2, 0) is 4.79 Å². The van der Waals surface area contributed by atoms with E-state index in [-0.39, 0.29) is 17.0 Å². The molecular weight excluding hydrogens is 383 g/mol. The molecule has 5 rings (SSSR count). The van der Waals surface area contributed by atoms with Crippen LogP contribution in [0, 0.1) is 11.2 Å². The summed E-state index contributed by atoms with van der Waals surface area (Å²) >= 11 is 0. The summed E-state index contributed by atoms with van der Waals surface area (Å²) in [7, 11) is 0. The van der Waals surface area contributed by atoms with Crippen molar-refractivity contribution in [3.63, 3.8) is 0 Å². The van der Waals surface area contributed by atoms with E-state index in [1.165, 1.54) is 12.1 Å². The molecule has 3 aromatic rings. The largest absolute Gasteiger partial charge is 0.423 e. The average Bonchev–Trinajstić information content (AvgIpc) is 3.09. The topological polar surface area (TPSA) is 79.5 Å². The number of para-hydroxylation sites is 2. The maximum Gasteiger partial charge on any atom is 0.302 e. The molecule has 1 aliphatic carbocycles. The van der Waals surface area contributed by atoms with Crippen molar-refractivity contribution in [1.29, 1.82) is 0 Å². The number of aromatic nitrogens is 1. The number of allylic oxidation sites excluding steroid dienone is 1. The molecule has 2 aromatic carbocycles. The molecule has 0 bridgehead atoms. The van der Waals surface area contributed by atoms with Gasteiger partial charge in [0.1, 0.15) is 17.4 Å². The van der Waals surface area contributed by atoms with Crippen molar-refractivity contribution >= 4 is 28.9 Å². The molecule has 152 valence electrons. The minimum atomic E-state index is -0.516. The molecule has 2 aliphatic rings. The van der Waals surface area contributed by atoms with Crippen LogP contribution >= 0.6 is 0 Å². The fourth-order valence-electron chi connectivity index (χ4n) is 4.11. The predicted molar refractivity (Wildman–Crippen MR) is 112 cm³/mol. The van der Waals surface area contributed by atoms with Crippen molar-refractivity contribution in [1.82, 2.24) is 10.3 Å². The predicted octanol–water partition coefficient (Wildman–Crippen LogP) is 4.72. The van der Waals surface area contributed by atoms with Gasteiger partial charge in [0.25, 0.3) is 0 Å². The highest BCUT2D eigenvalue weighted by molar-refractivity contribution is 6.03. The standard InChI is InChI=1S/C23H21FN4O2/c1-23(2)11-16-19(17(29)12-23)20(13-7-9-14(24)10-8-13)27-21(25-16)28-22-26-15-5-3-4-6-18(15)30-22/h3-10,20H,11-12H2,1-2H3,(H2,25,26,27,28)/t20-/m0/s1. The number of nitrogens with one attached hydrogen (secondary N) is 2. The number of ketones is 1. The number of hydrogen-bond donors (Lipinski definition) is 2. The highest BCUT2D eigenvalue weighted by atomic mass is 19.1. The number of guanidine groups is 1. The van der Waals surface area contributed by atoms with Crippen LogP contribution in [0.1, 0.15) is 38.3 Å². The van der Waals surface area contributed by atoms with E-state index in [9.17, 15) is 9.18 Å². The van der Waals surface area contributed by atoms with Crippen molar-refractivity contribution in [3.8, 4) is 0 Å². The van der Waals surface area contributed by atoms with Gasteiger partial charge in [0.2, 0.25) is 5.96 Å². The average molecular weight is 404 g/mol. The molecule has 0 fully saturated rings. The first kappa shape index (κ1) is 18.5. The molecule has 0 radical (unpaired) electrons. The fourth-order valence-corrected chi connectivity index (χ4v) is 4.11. The Balaban J connectivity index is 1.54. The third-order valence-corrected chi connectivity index (χ3v) is 5.43. The van der Waals surface area contributed by atoms with Crippen molar-refractivity contribution in [2.24, 2.45) is 10.4 Å². The molecule has 0 amide bonds. The number of fused-ring (bicyclic) bond motifs is 1. The molecule has 0 saturated heterocycles. The van der Waals surface area contributed by atoms with Gasteiger partial charge in [-0.1, -0.05) is 38.1 Å². The molecule has 1 atom stereocenters. The minimum Gasteiger partial charge on any atom is -0.423 e. The zero-order chi connectivity index (χ0) is 20.9. The molecule has 1 aromatic heterocycles. The van der Waals surface area contributed by atoms with Gasteiger partial charge in [-0.3, -0.25) is 10.1 Å². The summed E-state index contributed by atoms with van der Waals surface area (Å²) in [5, 5.41) is 6.37. The number of benzene rings is 2.